The molecule has 0 N–H and O–H groups in total. The molecule has 0 saturated carbocycles. The number of rotatable bonds is 7. The summed E-state index contributed by atoms with van der Waals surface area (Å²) >= 11 is 0. The molecule has 152 valence electrons. The molecule has 0 atom stereocenters. The Hall–Kier alpha value is -3.53. The average Bonchev–Trinajstić information content (AvgIpc) is 3.15. The van der Waals surface area contributed by atoms with Crippen molar-refractivity contribution in [1.82, 2.24) is 0 Å². The molecule has 4 heteroatoms. The number of esters is 1. The van der Waals surface area contributed by atoms with E-state index in [1.54, 1.807) is 6.07 Å². The smallest absolute Gasteiger partial charge is 0.335 e. The van der Waals surface area contributed by atoms with E-state index in [2.05, 4.69) is 49.0 Å². The van der Waals surface area contributed by atoms with Crippen LogP contribution < -0.4 is 14.2 Å². The number of benzene rings is 3. The first-order valence-corrected chi connectivity index (χ1v) is 10.1. The van der Waals surface area contributed by atoms with Gasteiger partial charge < -0.3 is 14.2 Å². The van der Waals surface area contributed by atoms with Gasteiger partial charge in [-0.3, -0.25) is 0 Å². The zero-order valence-corrected chi connectivity index (χ0v) is 17.2. The monoisotopic (exact) mass is 400 g/mol. The Morgan fingerprint density at radius 2 is 1.53 bits per heavy atom. The normalized spacial score (nSPS) is 11.4. The summed E-state index contributed by atoms with van der Waals surface area (Å²) in [5, 5.41) is 0. The fourth-order valence-electron chi connectivity index (χ4n) is 3.97. The highest BCUT2D eigenvalue weighted by Crippen LogP contribution is 2.48. The van der Waals surface area contributed by atoms with Crippen molar-refractivity contribution in [2.24, 2.45) is 0 Å². The van der Waals surface area contributed by atoms with Gasteiger partial charge in [0.05, 0.1) is 13.2 Å². The molecule has 1 aliphatic rings. The van der Waals surface area contributed by atoms with E-state index in [0.29, 0.717) is 30.5 Å². The third-order valence-electron chi connectivity index (χ3n) is 5.17. The van der Waals surface area contributed by atoms with Gasteiger partial charge in [-0.2, -0.15) is 0 Å². The topological polar surface area (TPSA) is 44.8 Å². The van der Waals surface area contributed by atoms with E-state index in [-0.39, 0.29) is 0 Å². The lowest BCUT2D eigenvalue weighted by atomic mass is 9.94. The van der Waals surface area contributed by atoms with Crippen LogP contribution in [0.4, 0.5) is 0 Å². The van der Waals surface area contributed by atoms with Gasteiger partial charge in [0.2, 0.25) is 5.75 Å². The molecule has 0 heterocycles. The molecule has 4 nitrogen and oxygen atoms in total. The third-order valence-corrected chi connectivity index (χ3v) is 5.17. The van der Waals surface area contributed by atoms with Gasteiger partial charge in [-0.25, -0.2) is 4.79 Å². The minimum absolute atomic E-state index is 0.324. The van der Waals surface area contributed by atoms with Gasteiger partial charge in [-0.15, -0.1) is 0 Å². The van der Waals surface area contributed by atoms with E-state index in [1.165, 1.54) is 22.3 Å². The number of hydrogen-bond donors (Lipinski definition) is 0. The first kappa shape index (κ1) is 19.8. The van der Waals surface area contributed by atoms with Gasteiger partial charge >= 0.3 is 5.97 Å². The second kappa shape index (κ2) is 8.46. The van der Waals surface area contributed by atoms with Gasteiger partial charge in [-0.05, 0) is 60.2 Å². The minimum atomic E-state index is -0.540. The van der Waals surface area contributed by atoms with Crippen LogP contribution in [-0.2, 0) is 11.2 Å². The summed E-state index contributed by atoms with van der Waals surface area (Å²) in [5.41, 5.74) is 7.11. The van der Waals surface area contributed by atoms with Gasteiger partial charge in [-0.1, -0.05) is 49.0 Å². The molecule has 0 amide bonds. The highest BCUT2D eigenvalue weighted by atomic mass is 16.6. The van der Waals surface area contributed by atoms with Gasteiger partial charge in [0.1, 0.15) is 0 Å². The summed E-state index contributed by atoms with van der Waals surface area (Å²) in [6.45, 7) is 8.16. The second-order valence-electron chi connectivity index (χ2n) is 6.93. The summed E-state index contributed by atoms with van der Waals surface area (Å²) in [6, 6.07) is 18.5. The Balaban J connectivity index is 1.89. The fourth-order valence-corrected chi connectivity index (χ4v) is 3.97. The minimum Gasteiger partial charge on any atom is -0.489 e. The summed E-state index contributed by atoms with van der Waals surface area (Å²) in [4.78, 5) is 11.8. The summed E-state index contributed by atoms with van der Waals surface area (Å²) in [7, 11) is 0. The largest absolute Gasteiger partial charge is 0.489 e. The van der Waals surface area contributed by atoms with Crippen LogP contribution in [0.2, 0.25) is 0 Å². The molecule has 0 bridgehead atoms. The highest BCUT2D eigenvalue weighted by molar-refractivity contribution is 5.89. The van der Waals surface area contributed by atoms with E-state index < -0.39 is 5.97 Å². The van der Waals surface area contributed by atoms with Gasteiger partial charge in [0, 0.05) is 11.6 Å². The number of carbonyl (C=O) groups excluding carboxylic acids is 1. The van der Waals surface area contributed by atoms with Gasteiger partial charge in [0.15, 0.2) is 11.5 Å². The van der Waals surface area contributed by atoms with E-state index in [0.717, 1.165) is 23.6 Å². The van der Waals surface area contributed by atoms with Crippen LogP contribution >= 0.6 is 0 Å². The standard InChI is InChI=1S/C26H24O4/c1-4-24(27)30-23-15-14-21(25(28-5-2)26(23)29-6-3)20-13-9-12-19-18-11-8-7-10-17(18)16-22(19)20/h4,7-15H,1,5-6,16H2,2-3H3. The summed E-state index contributed by atoms with van der Waals surface area (Å²) < 4.78 is 17.3. The lowest BCUT2D eigenvalue weighted by molar-refractivity contribution is -0.129. The number of hydrogen-bond acceptors (Lipinski definition) is 4. The summed E-state index contributed by atoms with van der Waals surface area (Å²) in [5.74, 6) is 0.797. The van der Waals surface area contributed by atoms with Crippen molar-refractivity contribution in [3.05, 3.63) is 78.4 Å². The molecular weight excluding hydrogens is 376 g/mol. The van der Waals surface area contributed by atoms with Crippen molar-refractivity contribution < 1.29 is 19.0 Å². The Morgan fingerprint density at radius 1 is 0.867 bits per heavy atom. The lowest BCUT2D eigenvalue weighted by Crippen LogP contribution is -2.08. The van der Waals surface area contributed by atoms with E-state index in [9.17, 15) is 4.79 Å². The van der Waals surface area contributed by atoms with Crippen molar-refractivity contribution in [2.75, 3.05) is 13.2 Å². The lowest BCUT2D eigenvalue weighted by Gasteiger charge is -2.19. The Morgan fingerprint density at radius 3 is 2.27 bits per heavy atom. The molecular formula is C26H24O4. The SMILES string of the molecule is C=CC(=O)Oc1ccc(-c2cccc3c2Cc2ccccc2-3)c(OCC)c1OCC. The fraction of sp³-hybridized carbons (Fsp3) is 0.192. The van der Waals surface area contributed by atoms with Crippen LogP contribution in [0.15, 0.2) is 67.3 Å². The Kier molecular flexibility index (Phi) is 5.57. The average molecular weight is 400 g/mol. The van der Waals surface area contributed by atoms with Crippen molar-refractivity contribution in [3.8, 4) is 39.5 Å². The van der Waals surface area contributed by atoms with Crippen LogP contribution in [0.3, 0.4) is 0 Å². The second-order valence-corrected chi connectivity index (χ2v) is 6.93. The molecule has 0 spiro atoms. The van der Waals surface area contributed by atoms with Crippen molar-refractivity contribution in [2.45, 2.75) is 20.3 Å². The molecule has 1 aliphatic carbocycles. The number of fused-ring (bicyclic) bond motifs is 3. The quantitative estimate of drug-likeness (QED) is 0.223. The molecule has 0 unspecified atom stereocenters. The highest BCUT2D eigenvalue weighted by Gasteiger charge is 2.25. The van der Waals surface area contributed by atoms with Crippen LogP contribution in [0.25, 0.3) is 22.3 Å². The zero-order valence-electron chi connectivity index (χ0n) is 17.2. The molecule has 3 aromatic carbocycles. The molecule has 0 aromatic heterocycles. The van der Waals surface area contributed by atoms with Crippen LogP contribution in [-0.4, -0.2) is 19.2 Å². The molecule has 0 fully saturated rings. The zero-order chi connectivity index (χ0) is 21.1. The first-order chi connectivity index (χ1) is 14.7. The van der Waals surface area contributed by atoms with Crippen LogP contribution in [0.1, 0.15) is 25.0 Å². The van der Waals surface area contributed by atoms with E-state index in [4.69, 9.17) is 14.2 Å². The molecule has 0 saturated heterocycles. The Bertz CT molecular complexity index is 1110. The first-order valence-electron chi connectivity index (χ1n) is 10.1. The predicted octanol–water partition coefficient (Wildman–Crippen LogP) is 5.81. The maximum atomic E-state index is 11.8. The molecule has 30 heavy (non-hydrogen) atoms. The number of carbonyl (C=O) groups is 1. The van der Waals surface area contributed by atoms with Crippen molar-refractivity contribution in [3.63, 3.8) is 0 Å². The molecule has 0 radical (unpaired) electrons. The predicted molar refractivity (Wildman–Crippen MR) is 118 cm³/mol. The van der Waals surface area contributed by atoms with Crippen molar-refractivity contribution >= 4 is 5.97 Å². The maximum Gasteiger partial charge on any atom is 0.335 e. The summed E-state index contributed by atoms with van der Waals surface area (Å²) in [6.07, 6.45) is 2.00. The molecule has 4 rings (SSSR count). The van der Waals surface area contributed by atoms with Crippen molar-refractivity contribution in [1.29, 1.82) is 0 Å². The molecule has 0 aliphatic heterocycles. The van der Waals surface area contributed by atoms with Crippen LogP contribution in [0.5, 0.6) is 17.2 Å². The number of ether oxygens (including phenoxy) is 3. The Labute approximate surface area is 176 Å². The van der Waals surface area contributed by atoms with Crippen LogP contribution in [0, 0.1) is 0 Å². The molecule has 3 aromatic rings. The van der Waals surface area contributed by atoms with E-state index in [1.807, 2.05) is 19.9 Å². The van der Waals surface area contributed by atoms with E-state index >= 15 is 0 Å². The maximum absolute atomic E-state index is 11.8. The third kappa shape index (κ3) is 3.45. The van der Waals surface area contributed by atoms with Gasteiger partial charge in [0.25, 0.3) is 0 Å².